The summed E-state index contributed by atoms with van der Waals surface area (Å²) >= 11 is 0. The lowest BCUT2D eigenvalue weighted by Gasteiger charge is -2.10. The lowest BCUT2D eigenvalue weighted by molar-refractivity contribution is 0.415. The van der Waals surface area contributed by atoms with E-state index in [-0.39, 0.29) is 0 Å². The van der Waals surface area contributed by atoms with Gasteiger partial charge in [0.1, 0.15) is 11.6 Å². The third kappa shape index (κ3) is 3.39. The van der Waals surface area contributed by atoms with Crippen LogP contribution < -0.4 is 15.4 Å². The van der Waals surface area contributed by atoms with Gasteiger partial charge in [0.05, 0.1) is 30.9 Å². The van der Waals surface area contributed by atoms with E-state index >= 15 is 0 Å². The summed E-state index contributed by atoms with van der Waals surface area (Å²) in [4.78, 5) is 13.3. The number of anilines is 3. The summed E-state index contributed by atoms with van der Waals surface area (Å²) in [5, 5.41) is 14.3. The number of methoxy groups -OCH3 is 1. The molecule has 0 saturated carbocycles. The number of hydrogen-bond acceptors (Lipinski definition) is 7. The molecule has 0 aliphatic carbocycles. The smallest absolute Gasteiger partial charge is 0.227 e. The quantitative estimate of drug-likeness (QED) is 0.492. The van der Waals surface area contributed by atoms with Gasteiger partial charge in [0.2, 0.25) is 5.95 Å². The summed E-state index contributed by atoms with van der Waals surface area (Å²) < 4.78 is 5.19. The van der Waals surface area contributed by atoms with E-state index in [0.29, 0.717) is 24.0 Å². The number of hydrogen-bond donors (Lipinski definition) is 3. The third-order valence-corrected chi connectivity index (χ3v) is 3.82. The third-order valence-electron chi connectivity index (χ3n) is 3.82. The van der Waals surface area contributed by atoms with Crippen molar-refractivity contribution in [1.29, 1.82) is 0 Å². The van der Waals surface area contributed by atoms with E-state index in [0.717, 1.165) is 22.5 Å². The molecule has 1 aromatic carbocycles. The molecule has 0 unspecified atom stereocenters. The predicted octanol–water partition coefficient (Wildman–Crippen LogP) is 3.11. The van der Waals surface area contributed by atoms with Crippen LogP contribution in [0.5, 0.6) is 5.75 Å². The fourth-order valence-electron chi connectivity index (χ4n) is 2.49. The molecule has 0 fully saturated rings. The summed E-state index contributed by atoms with van der Waals surface area (Å²) in [6.07, 6.45) is 3.45. The molecule has 3 aromatic heterocycles. The topological polar surface area (TPSA) is 101 Å². The summed E-state index contributed by atoms with van der Waals surface area (Å²) in [6, 6.07) is 13.4. The monoisotopic (exact) mass is 347 g/mol. The molecule has 3 N–H and O–H groups in total. The number of H-pyrrole nitrogens is 1. The lowest BCUT2D eigenvalue weighted by atomic mass is 10.3. The summed E-state index contributed by atoms with van der Waals surface area (Å²) in [7, 11) is 1.64. The van der Waals surface area contributed by atoms with Crippen molar-refractivity contribution >= 4 is 28.5 Å². The molecular weight excluding hydrogens is 330 g/mol. The highest BCUT2D eigenvalue weighted by molar-refractivity contribution is 5.89. The van der Waals surface area contributed by atoms with Crippen molar-refractivity contribution in [2.45, 2.75) is 6.54 Å². The second-order valence-electron chi connectivity index (χ2n) is 5.56. The summed E-state index contributed by atoms with van der Waals surface area (Å²) in [6.45, 7) is 0.530. The van der Waals surface area contributed by atoms with Gasteiger partial charge in [0, 0.05) is 11.9 Å². The Bertz CT molecular complexity index is 999. The van der Waals surface area contributed by atoms with Crippen LogP contribution in [-0.4, -0.2) is 32.3 Å². The molecule has 0 atom stereocenters. The molecule has 130 valence electrons. The van der Waals surface area contributed by atoms with Gasteiger partial charge < -0.3 is 15.4 Å². The van der Waals surface area contributed by atoms with Gasteiger partial charge >= 0.3 is 0 Å². The van der Waals surface area contributed by atoms with Crippen molar-refractivity contribution in [2.75, 3.05) is 17.7 Å². The molecule has 4 rings (SSSR count). The van der Waals surface area contributed by atoms with Crippen LogP contribution in [0.2, 0.25) is 0 Å². The number of fused-ring (bicyclic) bond motifs is 1. The number of pyridine rings is 1. The number of aromatic amines is 1. The molecule has 3 heterocycles. The van der Waals surface area contributed by atoms with Crippen LogP contribution in [0.25, 0.3) is 11.0 Å². The Hall–Kier alpha value is -3.68. The van der Waals surface area contributed by atoms with E-state index in [1.54, 1.807) is 19.5 Å². The van der Waals surface area contributed by atoms with Crippen LogP contribution >= 0.6 is 0 Å². The summed E-state index contributed by atoms with van der Waals surface area (Å²) in [5.74, 6) is 1.95. The molecule has 0 bridgehead atoms. The Morgan fingerprint density at radius 2 is 1.96 bits per heavy atom. The highest BCUT2D eigenvalue weighted by Crippen LogP contribution is 2.25. The molecule has 8 heteroatoms. The van der Waals surface area contributed by atoms with Gasteiger partial charge in [-0.1, -0.05) is 6.07 Å². The van der Waals surface area contributed by atoms with E-state index in [9.17, 15) is 0 Å². The fourth-order valence-corrected chi connectivity index (χ4v) is 2.49. The Kier molecular flexibility index (Phi) is 4.29. The number of ether oxygens (including phenoxy) is 1. The van der Waals surface area contributed by atoms with E-state index in [1.807, 2.05) is 42.5 Å². The maximum Gasteiger partial charge on any atom is 0.227 e. The molecule has 4 aromatic rings. The Balaban J connectivity index is 1.59. The van der Waals surface area contributed by atoms with Crippen molar-refractivity contribution in [3.05, 3.63) is 60.6 Å². The highest BCUT2D eigenvalue weighted by atomic mass is 16.5. The van der Waals surface area contributed by atoms with Gasteiger partial charge in [-0.3, -0.25) is 10.1 Å². The maximum atomic E-state index is 5.19. The second kappa shape index (κ2) is 7.06. The molecule has 0 spiro atoms. The zero-order chi connectivity index (χ0) is 17.8. The predicted molar refractivity (Wildman–Crippen MR) is 99.5 cm³/mol. The average Bonchev–Trinajstić information content (AvgIpc) is 3.17. The van der Waals surface area contributed by atoms with Gasteiger partial charge in [0.25, 0.3) is 0 Å². The molecule has 0 radical (unpaired) electrons. The number of nitrogens with zero attached hydrogens (tertiary/aromatic N) is 4. The molecule has 8 nitrogen and oxygen atoms in total. The minimum atomic E-state index is 0.489. The Morgan fingerprint density at radius 3 is 2.73 bits per heavy atom. The SMILES string of the molecule is COc1ccc(Nc2nc(NCc3ccccn3)nc3[nH]ncc23)cc1. The molecular formula is C18H17N7O. The number of rotatable bonds is 6. The van der Waals surface area contributed by atoms with Crippen LogP contribution in [0.3, 0.4) is 0 Å². The molecule has 0 amide bonds. The first-order valence-electron chi connectivity index (χ1n) is 8.08. The Labute approximate surface area is 149 Å². The molecule has 0 aliphatic rings. The average molecular weight is 347 g/mol. The van der Waals surface area contributed by atoms with E-state index in [4.69, 9.17) is 4.74 Å². The van der Waals surface area contributed by atoms with Gasteiger partial charge in [-0.15, -0.1) is 0 Å². The first kappa shape index (κ1) is 15.8. The van der Waals surface area contributed by atoms with Crippen molar-refractivity contribution in [1.82, 2.24) is 25.1 Å². The highest BCUT2D eigenvalue weighted by Gasteiger charge is 2.10. The van der Waals surface area contributed by atoms with E-state index in [2.05, 4.69) is 35.8 Å². The second-order valence-corrected chi connectivity index (χ2v) is 5.56. The number of aromatic nitrogens is 5. The lowest BCUT2D eigenvalue weighted by Crippen LogP contribution is -2.06. The zero-order valence-corrected chi connectivity index (χ0v) is 14.1. The Morgan fingerprint density at radius 1 is 1.08 bits per heavy atom. The van der Waals surface area contributed by atoms with Gasteiger partial charge in [0.15, 0.2) is 5.65 Å². The van der Waals surface area contributed by atoms with Crippen molar-refractivity contribution in [3.8, 4) is 5.75 Å². The maximum absolute atomic E-state index is 5.19. The molecule has 26 heavy (non-hydrogen) atoms. The van der Waals surface area contributed by atoms with E-state index < -0.39 is 0 Å². The van der Waals surface area contributed by atoms with Gasteiger partial charge in [-0.25, -0.2) is 0 Å². The zero-order valence-electron chi connectivity index (χ0n) is 14.1. The van der Waals surface area contributed by atoms with E-state index in [1.165, 1.54) is 0 Å². The number of benzene rings is 1. The van der Waals surface area contributed by atoms with Crippen molar-refractivity contribution in [3.63, 3.8) is 0 Å². The largest absolute Gasteiger partial charge is 0.497 e. The van der Waals surface area contributed by atoms with Crippen LogP contribution in [-0.2, 0) is 6.54 Å². The van der Waals surface area contributed by atoms with Crippen LogP contribution in [0.4, 0.5) is 17.5 Å². The van der Waals surface area contributed by atoms with Crippen LogP contribution in [0.1, 0.15) is 5.69 Å². The normalized spacial score (nSPS) is 10.7. The minimum Gasteiger partial charge on any atom is -0.497 e. The molecule has 0 aliphatic heterocycles. The van der Waals surface area contributed by atoms with Crippen LogP contribution in [0, 0.1) is 0 Å². The minimum absolute atomic E-state index is 0.489. The standard InChI is InChI=1S/C18H17N7O/c1-26-14-7-5-12(6-8-14)22-16-15-11-21-25-17(15)24-18(23-16)20-10-13-4-2-3-9-19-13/h2-9,11H,10H2,1H3,(H3,20,21,22,23,24,25). The number of nitrogens with one attached hydrogen (secondary N) is 3. The van der Waals surface area contributed by atoms with Crippen LogP contribution in [0.15, 0.2) is 54.9 Å². The van der Waals surface area contributed by atoms with Gasteiger partial charge in [-0.05, 0) is 36.4 Å². The first-order valence-corrected chi connectivity index (χ1v) is 8.08. The van der Waals surface area contributed by atoms with Crippen molar-refractivity contribution in [2.24, 2.45) is 0 Å². The van der Waals surface area contributed by atoms with Gasteiger partial charge in [-0.2, -0.15) is 15.1 Å². The molecule has 0 saturated heterocycles. The van der Waals surface area contributed by atoms with Crippen molar-refractivity contribution < 1.29 is 4.74 Å². The fraction of sp³-hybridized carbons (Fsp3) is 0.111. The first-order chi connectivity index (χ1) is 12.8. The summed E-state index contributed by atoms with van der Waals surface area (Å²) in [5.41, 5.74) is 2.45.